The summed E-state index contributed by atoms with van der Waals surface area (Å²) in [6.07, 6.45) is -9.74. The summed E-state index contributed by atoms with van der Waals surface area (Å²) >= 11 is 0. The highest BCUT2D eigenvalue weighted by atomic mass is 19.4. The quantitative estimate of drug-likeness (QED) is 0.781. The molecule has 140 valence electrons. The molecule has 0 aliphatic carbocycles. The average molecular weight is 370 g/mol. The fourth-order valence-electron chi connectivity index (χ4n) is 2.04. The van der Waals surface area contributed by atoms with E-state index in [-0.39, 0.29) is 6.07 Å². The predicted octanol–water partition coefficient (Wildman–Crippen LogP) is 3.35. The van der Waals surface area contributed by atoms with Crippen molar-refractivity contribution in [2.75, 3.05) is 0 Å². The van der Waals surface area contributed by atoms with Gasteiger partial charge in [-0.15, -0.1) is 0 Å². The number of nitrogens with one attached hydrogen (secondary N) is 1. The van der Waals surface area contributed by atoms with Crippen LogP contribution in [0.4, 0.5) is 26.3 Å². The van der Waals surface area contributed by atoms with Gasteiger partial charge in [-0.25, -0.2) is 0 Å². The van der Waals surface area contributed by atoms with E-state index in [1.807, 2.05) is 0 Å². The van der Waals surface area contributed by atoms with Gasteiger partial charge in [0.05, 0.1) is 11.1 Å². The lowest BCUT2D eigenvalue weighted by Gasteiger charge is -2.21. The van der Waals surface area contributed by atoms with Crippen molar-refractivity contribution in [3.8, 4) is 0 Å². The van der Waals surface area contributed by atoms with E-state index in [2.05, 4.69) is 5.32 Å². The first kappa shape index (κ1) is 20.8. The zero-order chi connectivity index (χ0) is 19.6. The van der Waals surface area contributed by atoms with E-state index < -0.39 is 52.8 Å². The number of amides is 2. The number of hydrogen-bond acceptors (Lipinski definition) is 2. The summed E-state index contributed by atoms with van der Waals surface area (Å²) in [5.74, 6) is -2.64. The number of carbonyl (C=O) groups excluding carboxylic acids is 2. The second kappa shape index (κ2) is 7.32. The molecule has 10 heteroatoms. The summed E-state index contributed by atoms with van der Waals surface area (Å²) < 4.78 is 76.8. The summed E-state index contributed by atoms with van der Waals surface area (Å²) in [7, 11) is 0. The minimum atomic E-state index is -5.07. The van der Waals surface area contributed by atoms with Gasteiger partial charge in [-0.3, -0.25) is 9.59 Å². The maximum absolute atomic E-state index is 12.8. The maximum atomic E-state index is 12.8. The Morgan fingerprint density at radius 3 is 1.80 bits per heavy atom. The van der Waals surface area contributed by atoms with Crippen molar-refractivity contribution < 1.29 is 35.9 Å². The minimum absolute atomic E-state index is 0.0863. The number of halogens is 6. The molecule has 0 saturated heterocycles. The van der Waals surface area contributed by atoms with Crippen molar-refractivity contribution in [2.45, 2.75) is 38.7 Å². The number of benzene rings is 1. The van der Waals surface area contributed by atoms with Crippen LogP contribution in [0.1, 0.15) is 41.8 Å². The second-order valence-electron chi connectivity index (χ2n) is 5.53. The van der Waals surface area contributed by atoms with Crippen LogP contribution in [-0.2, 0) is 17.1 Å². The van der Waals surface area contributed by atoms with Crippen molar-refractivity contribution in [3.05, 3.63) is 34.9 Å². The number of carbonyl (C=O) groups is 2. The summed E-state index contributed by atoms with van der Waals surface area (Å²) in [5, 5.41) is 2.09. The van der Waals surface area contributed by atoms with Crippen molar-refractivity contribution in [2.24, 2.45) is 11.7 Å². The molecule has 0 unspecified atom stereocenters. The Morgan fingerprint density at radius 1 is 1.04 bits per heavy atom. The Bertz CT molecular complexity index is 622. The number of alkyl halides is 6. The second-order valence-corrected chi connectivity index (χ2v) is 5.53. The smallest absolute Gasteiger partial charge is 0.368 e. The molecule has 0 aliphatic heterocycles. The van der Waals surface area contributed by atoms with E-state index >= 15 is 0 Å². The molecular weight excluding hydrogens is 354 g/mol. The molecular formula is C15H16F6N2O2. The summed E-state index contributed by atoms with van der Waals surface area (Å²) in [5.41, 5.74) is 1.02. The van der Waals surface area contributed by atoms with E-state index in [4.69, 9.17) is 5.73 Å². The first-order valence-corrected chi connectivity index (χ1v) is 7.17. The predicted molar refractivity (Wildman–Crippen MR) is 76.3 cm³/mol. The van der Waals surface area contributed by atoms with Crippen LogP contribution in [0.15, 0.2) is 18.2 Å². The summed E-state index contributed by atoms with van der Waals surface area (Å²) in [6, 6.07) is -0.725. The lowest BCUT2D eigenvalue weighted by Crippen LogP contribution is -2.48. The normalized spacial score (nSPS) is 14.7. The molecule has 1 rings (SSSR count). The molecule has 0 aromatic heterocycles. The van der Waals surface area contributed by atoms with Gasteiger partial charge in [-0.2, -0.15) is 26.3 Å². The van der Waals surface area contributed by atoms with E-state index in [9.17, 15) is 35.9 Å². The highest BCUT2D eigenvalue weighted by Crippen LogP contribution is 2.36. The van der Waals surface area contributed by atoms with Gasteiger partial charge in [0.25, 0.3) is 5.91 Å². The number of hydrogen-bond donors (Lipinski definition) is 2. The minimum Gasteiger partial charge on any atom is -0.368 e. The fourth-order valence-corrected chi connectivity index (χ4v) is 2.04. The largest absolute Gasteiger partial charge is 0.416 e. The van der Waals surface area contributed by atoms with Gasteiger partial charge in [0.2, 0.25) is 5.91 Å². The Balaban J connectivity index is 3.31. The van der Waals surface area contributed by atoms with Crippen LogP contribution in [0.3, 0.4) is 0 Å². The molecule has 2 atom stereocenters. The van der Waals surface area contributed by atoms with E-state index in [1.54, 1.807) is 13.8 Å². The van der Waals surface area contributed by atoms with E-state index in [0.29, 0.717) is 18.6 Å². The maximum Gasteiger partial charge on any atom is 0.416 e. The molecule has 0 saturated carbocycles. The zero-order valence-corrected chi connectivity index (χ0v) is 13.3. The van der Waals surface area contributed by atoms with Gasteiger partial charge in [-0.05, 0) is 24.1 Å². The number of rotatable bonds is 5. The Hall–Kier alpha value is -2.26. The Kier molecular flexibility index (Phi) is 6.09. The standard InChI is InChI=1S/C15H16F6N2O2/c1-3-7(2)11(12(22)24)23-13(25)8-4-9(14(16,17)18)6-10(5-8)15(19,20)21/h4-7,11H,3H2,1-2H3,(H2,22,24)(H,23,25)/t7-,11-/m1/s1. The first-order valence-electron chi connectivity index (χ1n) is 7.17. The van der Waals surface area contributed by atoms with Gasteiger partial charge in [0.15, 0.2) is 0 Å². The molecule has 4 nitrogen and oxygen atoms in total. The van der Waals surface area contributed by atoms with Crippen LogP contribution in [-0.4, -0.2) is 17.9 Å². The van der Waals surface area contributed by atoms with Gasteiger partial charge in [0.1, 0.15) is 6.04 Å². The number of primary amides is 1. The van der Waals surface area contributed by atoms with Crippen LogP contribution in [0, 0.1) is 5.92 Å². The zero-order valence-electron chi connectivity index (χ0n) is 13.3. The molecule has 3 N–H and O–H groups in total. The molecule has 0 fully saturated rings. The third-order valence-corrected chi connectivity index (χ3v) is 3.66. The van der Waals surface area contributed by atoms with Crippen LogP contribution >= 0.6 is 0 Å². The summed E-state index contributed by atoms with van der Waals surface area (Å²) in [6.45, 7) is 3.24. The molecule has 0 spiro atoms. The van der Waals surface area contributed by atoms with E-state index in [0.717, 1.165) is 0 Å². The van der Waals surface area contributed by atoms with Crippen molar-refractivity contribution in [1.82, 2.24) is 5.32 Å². The third kappa shape index (κ3) is 5.36. The fraction of sp³-hybridized carbons (Fsp3) is 0.467. The van der Waals surface area contributed by atoms with Crippen molar-refractivity contribution >= 4 is 11.8 Å². The van der Waals surface area contributed by atoms with Gasteiger partial charge < -0.3 is 11.1 Å². The van der Waals surface area contributed by atoms with Gasteiger partial charge in [0, 0.05) is 5.56 Å². The summed E-state index contributed by atoms with van der Waals surface area (Å²) in [4.78, 5) is 23.5. The first-order chi connectivity index (χ1) is 11.3. The lowest BCUT2D eigenvalue weighted by atomic mass is 9.97. The molecule has 2 amide bonds. The monoisotopic (exact) mass is 370 g/mol. The van der Waals surface area contributed by atoms with Crippen LogP contribution in [0.2, 0.25) is 0 Å². The molecule has 1 aromatic rings. The topological polar surface area (TPSA) is 72.2 Å². The highest BCUT2D eigenvalue weighted by Gasteiger charge is 2.37. The molecule has 1 aromatic carbocycles. The van der Waals surface area contributed by atoms with E-state index in [1.165, 1.54) is 0 Å². The molecule has 0 radical (unpaired) electrons. The lowest BCUT2D eigenvalue weighted by molar-refractivity contribution is -0.143. The number of nitrogens with two attached hydrogens (primary N) is 1. The Labute approximate surface area is 139 Å². The van der Waals surface area contributed by atoms with Crippen molar-refractivity contribution in [3.63, 3.8) is 0 Å². The van der Waals surface area contributed by atoms with Crippen LogP contribution in [0.5, 0.6) is 0 Å². The molecule has 25 heavy (non-hydrogen) atoms. The molecule has 0 heterocycles. The molecule has 0 bridgehead atoms. The van der Waals surface area contributed by atoms with Crippen LogP contribution in [0.25, 0.3) is 0 Å². The van der Waals surface area contributed by atoms with Crippen LogP contribution < -0.4 is 11.1 Å². The van der Waals surface area contributed by atoms with Crippen molar-refractivity contribution in [1.29, 1.82) is 0 Å². The third-order valence-electron chi connectivity index (χ3n) is 3.66. The highest BCUT2D eigenvalue weighted by molar-refractivity contribution is 5.97. The average Bonchev–Trinajstić information content (AvgIpc) is 2.49. The van der Waals surface area contributed by atoms with Gasteiger partial charge in [-0.1, -0.05) is 20.3 Å². The Morgan fingerprint density at radius 2 is 1.48 bits per heavy atom. The molecule has 0 aliphatic rings. The van der Waals surface area contributed by atoms with Gasteiger partial charge >= 0.3 is 12.4 Å². The SMILES string of the molecule is CC[C@@H](C)[C@@H](NC(=O)c1cc(C(F)(F)F)cc(C(F)(F)F)c1)C(N)=O.